The van der Waals surface area contributed by atoms with Gasteiger partial charge in [-0.3, -0.25) is 0 Å². The lowest BCUT2D eigenvalue weighted by Crippen LogP contribution is -2.20. The summed E-state index contributed by atoms with van der Waals surface area (Å²) in [5.74, 6) is 0.358. The lowest BCUT2D eigenvalue weighted by atomic mass is 10.1. The minimum Gasteiger partial charge on any atom is -0.396 e. The molecule has 0 bridgehead atoms. The summed E-state index contributed by atoms with van der Waals surface area (Å²) < 4.78 is 13.5. The van der Waals surface area contributed by atoms with Crippen molar-refractivity contribution in [1.29, 1.82) is 0 Å². The van der Waals surface area contributed by atoms with Gasteiger partial charge in [-0.05, 0) is 30.9 Å². The van der Waals surface area contributed by atoms with E-state index in [0.29, 0.717) is 11.6 Å². The average molecular weight is 209 g/mol. The molecule has 1 atom stereocenters. The van der Waals surface area contributed by atoms with Crippen LogP contribution in [0.25, 0.3) is 0 Å². The van der Waals surface area contributed by atoms with Gasteiger partial charge in [-0.25, -0.2) is 4.39 Å². The Morgan fingerprint density at radius 1 is 1.40 bits per heavy atom. The predicted molar refractivity (Wildman–Crippen MR) is 58.4 cm³/mol. The third kappa shape index (κ3) is 2.29. The Kier molecular flexibility index (Phi) is 3.21. The van der Waals surface area contributed by atoms with Crippen molar-refractivity contribution in [3.05, 3.63) is 30.1 Å². The number of halogens is 1. The molecule has 0 aromatic heterocycles. The van der Waals surface area contributed by atoms with Gasteiger partial charge in [0, 0.05) is 19.7 Å². The van der Waals surface area contributed by atoms with Gasteiger partial charge >= 0.3 is 0 Å². The van der Waals surface area contributed by atoms with E-state index in [9.17, 15) is 4.39 Å². The molecule has 0 radical (unpaired) electrons. The lowest BCUT2D eigenvalue weighted by molar-refractivity contribution is 0.263. The minimum atomic E-state index is -0.151. The topological polar surface area (TPSA) is 23.5 Å². The van der Waals surface area contributed by atoms with Crippen LogP contribution in [-0.2, 0) is 0 Å². The first-order valence-electron chi connectivity index (χ1n) is 5.41. The normalized spacial score (nSPS) is 20.9. The summed E-state index contributed by atoms with van der Waals surface area (Å²) in [4.78, 5) is 2.07. The third-order valence-corrected chi connectivity index (χ3v) is 3.02. The highest BCUT2D eigenvalue weighted by atomic mass is 19.1. The molecule has 3 heteroatoms. The molecule has 1 heterocycles. The van der Waals surface area contributed by atoms with Crippen LogP contribution in [0.4, 0.5) is 10.1 Å². The number of anilines is 1. The highest BCUT2D eigenvalue weighted by Crippen LogP contribution is 2.27. The van der Waals surface area contributed by atoms with Gasteiger partial charge in [-0.1, -0.05) is 12.1 Å². The maximum absolute atomic E-state index is 13.5. The Morgan fingerprint density at radius 2 is 2.20 bits per heavy atom. The molecule has 1 fully saturated rings. The summed E-state index contributed by atoms with van der Waals surface area (Å²) in [6.07, 6.45) is 1.87. The van der Waals surface area contributed by atoms with Crippen LogP contribution in [0.5, 0.6) is 0 Å². The van der Waals surface area contributed by atoms with E-state index in [1.807, 2.05) is 12.1 Å². The van der Waals surface area contributed by atoms with Crippen LogP contribution in [-0.4, -0.2) is 24.8 Å². The fourth-order valence-corrected chi connectivity index (χ4v) is 2.18. The number of aliphatic hydroxyl groups is 1. The predicted octanol–water partition coefficient (Wildman–Crippen LogP) is 2.03. The zero-order chi connectivity index (χ0) is 10.7. The van der Waals surface area contributed by atoms with Gasteiger partial charge < -0.3 is 10.0 Å². The van der Waals surface area contributed by atoms with E-state index in [2.05, 4.69) is 4.90 Å². The van der Waals surface area contributed by atoms with Crippen molar-refractivity contribution in [2.24, 2.45) is 5.92 Å². The fourth-order valence-electron chi connectivity index (χ4n) is 2.18. The standard InChI is InChI=1S/C12H16FNO/c13-11-3-1-2-4-12(11)14-7-5-10(9-14)6-8-15/h1-4,10,15H,5-9H2. The maximum Gasteiger partial charge on any atom is 0.146 e. The molecule has 0 amide bonds. The van der Waals surface area contributed by atoms with Crippen molar-refractivity contribution in [2.45, 2.75) is 12.8 Å². The Morgan fingerprint density at radius 3 is 2.93 bits per heavy atom. The fraction of sp³-hybridized carbons (Fsp3) is 0.500. The van der Waals surface area contributed by atoms with Crippen LogP contribution in [0.2, 0.25) is 0 Å². The smallest absolute Gasteiger partial charge is 0.146 e. The van der Waals surface area contributed by atoms with Crippen molar-refractivity contribution in [2.75, 3.05) is 24.6 Å². The third-order valence-electron chi connectivity index (χ3n) is 3.02. The van der Waals surface area contributed by atoms with E-state index in [-0.39, 0.29) is 12.4 Å². The van der Waals surface area contributed by atoms with Crippen LogP contribution in [0, 0.1) is 11.7 Å². The number of aliphatic hydroxyl groups excluding tert-OH is 1. The lowest BCUT2D eigenvalue weighted by Gasteiger charge is -2.19. The average Bonchev–Trinajstić information content (AvgIpc) is 2.68. The van der Waals surface area contributed by atoms with Crippen molar-refractivity contribution in [3.8, 4) is 0 Å². The molecule has 0 aliphatic carbocycles. The zero-order valence-electron chi connectivity index (χ0n) is 8.69. The SMILES string of the molecule is OCCC1CCN(c2ccccc2F)C1. The van der Waals surface area contributed by atoms with Gasteiger partial charge in [0.1, 0.15) is 5.82 Å². The molecule has 1 aliphatic rings. The maximum atomic E-state index is 13.5. The molecule has 1 aromatic carbocycles. The van der Waals surface area contributed by atoms with Gasteiger partial charge in [0.15, 0.2) is 0 Å². The van der Waals surface area contributed by atoms with E-state index >= 15 is 0 Å². The van der Waals surface area contributed by atoms with Crippen molar-refractivity contribution in [1.82, 2.24) is 0 Å². The number of hydrogen-bond donors (Lipinski definition) is 1. The molecule has 1 N–H and O–H groups in total. The van der Waals surface area contributed by atoms with Crippen LogP contribution in [0.3, 0.4) is 0 Å². The van der Waals surface area contributed by atoms with E-state index in [0.717, 1.165) is 25.9 Å². The molecule has 0 saturated carbocycles. The Balaban J connectivity index is 2.04. The molecule has 1 aliphatic heterocycles. The molecule has 82 valence electrons. The Bertz CT molecular complexity index is 329. The summed E-state index contributed by atoms with van der Waals surface area (Å²) in [5, 5.41) is 8.85. The number of rotatable bonds is 3. The Hall–Kier alpha value is -1.09. The second-order valence-electron chi connectivity index (χ2n) is 4.06. The van der Waals surface area contributed by atoms with E-state index in [4.69, 9.17) is 5.11 Å². The van der Waals surface area contributed by atoms with E-state index in [1.54, 1.807) is 6.07 Å². The summed E-state index contributed by atoms with van der Waals surface area (Å²) in [6, 6.07) is 6.88. The molecule has 0 spiro atoms. The number of para-hydroxylation sites is 1. The van der Waals surface area contributed by atoms with Gasteiger partial charge in [0.25, 0.3) is 0 Å². The summed E-state index contributed by atoms with van der Waals surface area (Å²) in [7, 11) is 0. The summed E-state index contributed by atoms with van der Waals surface area (Å²) in [5.41, 5.74) is 0.693. The van der Waals surface area contributed by atoms with Crippen LogP contribution in [0.1, 0.15) is 12.8 Å². The first-order valence-corrected chi connectivity index (χ1v) is 5.41. The van der Waals surface area contributed by atoms with Crippen LogP contribution >= 0.6 is 0 Å². The Labute approximate surface area is 89.3 Å². The summed E-state index contributed by atoms with van der Waals surface area (Å²) >= 11 is 0. The molecule has 2 nitrogen and oxygen atoms in total. The van der Waals surface area contributed by atoms with Crippen molar-refractivity contribution >= 4 is 5.69 Å². The van der Waals surface area contributed by atoms with Crippen molar-refractivity contribution < 1.29 is 9.50 Å². The van der Waals surface area contributed by atoms with Gasteiger partial charge in [-0.15, -0.1) is 0 Å². The van der Waals surface area contributed by atoms with E-state index < -0.39 is 0 Å². The monoisotopic (exact) mass is 209 g/mol. The molecule has 1 saturated heterocycles. The molecular formula is C12H16FNO. The second kappa shape index (κ2) is 4.62. The van der Waals surface area contributed by atoms with Gasteiger partial charge in [-0.2, -0.15) is 0 Å². The van der Waals surface area contributed by atoms with Gasteiger partial charge in [0.05, 0.1) is 5.69 Å². The second-order valence-corrected chi connectivity index (χ2v) is 4.06. The first kappa shape index (κ1) is 10.4. The molecule has 2 rings (SSSR count). The molecule has 1 aromatic rings. The first-order chi connectivity index (χ1) is 7.31. The molecule has 1 unspecified atom stereocenters. The zero-order valence-corrected chi connectivity index (χ0v) is 8.69. The minimum absolute atomic E-state index is 0.151. The van der Waals surface area contributed by atoms with Gasteiger partial charge in [0.2, 0.25) is 0 Å². The summed E-state index contributed by atoms with van der Waals surface area (Å²) in [6.45, 7) is 1.99. The highest BCUT2D eigenvalue weighted by molar-refractivity contribution is 5.48. The highest BCUT2D eigenvalue weighted by Gasteiger charge is 2.23. The molecule has 15 heavy (non-hydrogen) atoms. The van der Waals surface area contributed by atoms with Crippen molar-refractivity contribution in [3.63, 3.8) is 0 Å². The number of nitrogens with zero attached hydrogens (tertiary/aromatic N) is 1. The number of hydrogen-bond acceptors (Lipinski definition) is 2. The van der Waals surface area contributed by atoms with Crippen LogP contribution < -0.4 is 4.90 Å². The number of benzene rings is 1. The van der Waals surface area contributed by atoms with E-state index in [1.165, 1.54) is 6.07 Å². The van der Waals surface area contributed by atoms with Crippen LogP contribution in [0.15, 0.2) is 24.3 Å². The largest absolute Gasteiger partial charge is 0.396 e. The quantitative estimate of drug-likeness (QED) is 0.823. The molecular weight excluding hydrogens is 193 g/mol.